The molecule has 0 bridgehead atoms. The summed E-state index contributed by atoms with van der Waals surface area (Å²) in [5.74, 6) is 0. The van der Waals surface area contributed by atoms with E-state index in [2.05, 4.69) is 97.1 Å². The van der Waals surface area contributed by atoms with Crippen LogP contribution in [-0.4, -0.2) is 9.97 Å². The number of nitrogens with zero attached hydrogens (tertiary/aromatic N) is 2. The van der Waals surface area contributed by atoms with Crippen molar-refractivity contribution < 1.29 is 8.83 Å². The second kappa shape index (κ2) is 8.51. The van der Waals surface area contributed by atoms with Crippen molar-refractivity contribution in [3.05, 3.63) is 121 Å². The first-order valence-corrected chi connectivity index (χ1v) is 15.1. The quantitative estimate of drug-likeness (QED) is 0.208. The maximum Gasteiger partial charge on any atom is 0.143 e. The first-order valence-electron chi connectivity index (χ1n) is 14.2. The molecule has 0 unspecified atom stereocenters. The molecule has 0 aliphatic heterocycles. The van der Waals surface area contributed by atoms with Crippen molar-refractivity contribution in [1.82, 2.24) is 9.97 Å². The van der Waals surface area contributed by atoms with Gasteiger partial charge in [-0.15, -0.1) is 11.3 Å². The van der Waals surface area contributed by atoms with Gasteiger partial charge in [-0.25, -0.2) is 9.97 Å². The molecule has 0 atom stereocenters. The van der Waals surface area contributed by atoms with Gasteiger partial charge >= 0.3 is 0 Å². The highest BCUT2D eigenvalue weighted by Crippen LogP contribution is 2.40. The fourth-order valence-corrected chi connectivity index (χ4v) is 7.48. The fraction of sp³-hybridized carbons (Fsp3) is 0. The van der Waals surface area contributed by atoms with Crippen LogP contribution in [-0.2, 0) is 0 Å². The molecule has 0 amide bonds. The molecule has 10 rings (SSSR count). The van der Waals surface area contributed by atoms with Crippen LogP contribution in [0.4, 0.5) is 0 Å². The van der Waals surface area contributed by atoms with Crippen LogP contribution < -0.4 is 0 Å². The highest BCUT2D eigenvalue weighted by molar-refractivity contribution is 7.25. The SMILES string of the molecule is c1ccc2c(c1)oc1c(-c3ccc4nc5sc6ccc(-c7cccc8c7oc7ccccc78)cc6c5nc4c3)cccc12. The Hall–Kier alpha value is -5.52. The topological polar surface area (TPSA) is 52.1 Å². The van der Waals surface area contributed by atoms with Crippen LogP contribution in [0.25, 0.3) is 97.6 Å². The third-order valence-electron chi connectivity index (χ3n) is 8.50. The van der Waals surface area contributed by atoms with Crippen molar-refractivity contribution in [2.24, 2.45) is 0 Å². The zero-order chi connectivity index (χ0) is 28.1. The Labute approximate surface area is 248 Å². The number of furan rings is 2. The van der Waals surface area contributed by atoms with Crippen molar-refractivity contribution in [1.29, 1.82) is 0 Å². The number of thiophene rings is 1. The summed E-state index contributed by atoms with van der Waals surface area (Å²) in [6.45, 7) is 0. The van der Waals surface area contributed by atoms with E-state index < -0.39 is 0 Å². The van der Waals surface area contributed by atoms with Gasteiger partial charge in [-0.3, -0.25) is 0 Å². The monoisotopic (exact) mass is 568 g/mol. The Kier molecular flexibility index (Phi) is 4.57. The van der Waals surface area contributed by atoms with Gasteiger partial charge in [0.15, 0.2) is 0 Å². The van der Waals surface area contributed by atoms with Gasteiger partial charge in [0, 0.05) is 42.8 Å². The Morgan fingerprint density at radius 2 is 1.07 bits per heavy atom. The lowest BCUT2D eigenvalue weighted by Crippen LogP contribution is -1.87. The minimum absolute atomic E-state index is 0.864. The van der Waals surface area contributed by atoms with Crippen LogP contribution in [0, 0.1) is 0 Å². The van der Waals surface area contributed by atoms with E-state index in [-0.39, 0.29) is 0 Å². The van der Waals surface area contributed by atoms with Gasteiger partial charge in [-0.2, -0.15) is 0 Å². The predicted molar refractivity (Wildman–Crippen MR) is 178 cm³/mol. The number of fused-ring (bicyclic) bond motifs is 10. The molecule has 5 heteroatoms. The molecule has 0 radical (unpaired) electrons. The van der Waals surface area contributed by atoms with Crippen molar-refractivity contribution in [2.45, 2.75) is 0 Å². The molecule has 0 spiro atoms. The number of para-hydroxylation sites is 4. The number of hydrogen-bond donors (Lipinski definition) is 0. The van der Waals surface area contributed by atoms with E-state index >= 15 is 0 Å². The fourth-order valence-electron chi connectivity index (χ4n) is 6.48. The molecule has 43 heavy (non-hydrogen) atoms. The van der Waals surface area contributed by atoms with Gasteiger partial charge in [0.2, 0.25) is 0 Å². The first-order chi connectivity index (χ1) is 21.3. The van der Waals surface area contributed by atoms with Gasteiger partial charge in [0.25, 0.3) is 0 Å². The maximum atomic E-state index is 6.35. The molecule has 0 aliphatic carbocycles. The summed E-state index contributed by atoms with van der Waals surface area (Å²) in [5.41, 5.74) is 10.5. The average Bonchev–Trinajstić information content (AvgIpc) is 3.74. The lowest BCUT2D eigenvalue weighted by molar-refractivity contribution is 0.669. The third-order valence-corrected chi connectivity index (χ3v) is 9.56. The minimum atomic E-state index is 0.864. The molecule has 0 saturated carbocycles. The Bertz CT molecular complexity index is 2740. The van der Waals surface area contributed by atoms with Crippen LogP contribution in [0.1, 0.15) is 0 Å². The van der Waals surface area contributed by atoms with Crippen LogP contribution in [0.15, 0.2) is 130 Å². The Morgan fingerprint density at radius 1 is 0.465 bits per heavy atom. The molecule has 0 saturated heterocycles. The largest absolute Gasteiger partial charge is 0.455 e. The van der Waals surface area contributed by atoms with Crippen molar-refractivity contribution >= 4 is 86.7 Å². The number of hydrogen-bond acceptors (Lipinski definition) is 5. The van der Waals surface area contributed by atoms with E-state index in [0.29, 0.717) is 0 Å². The lowest BCUT2D eigenvalue weighted by Gasteiger charge is -2.05. The van der Waals surface area contributed by atoms with E-state index in [0.717, 1.165) is 97.6 Å². The van der Waals surface area contributed by atoms with Crippen LogP contribution in [0.3, 0.4) is 0 Å². The Balaban J connectivity index is 1.16. The van der Waals surface area contributed by atoms with Gasteiger partial charge in [-0.05, 0) is 47.5 Å². The Morgan fingerprint density at radius 3 is 1.77 bits per heavy atom. The molecule has 0 fully saturated rings. The summed E-state index contributed by atoms with van der Waals surface area (Å²) in [6.07, 6.45) is 0. The average molecular weight is 569 g/mol. The third kappa shape index (κ3) is 3.31. The molecule has 10 aromatic rings. The van der Waals surface area contributed by atoms with E-state index in [1.54, 1.807) is 11.3 Å². The predicted octanol–water partition coefficient (Wildman–Crippen LogP) is 11.1. The second-order valence-corrected chi connectivity index (χ2v) is 12.0. The van der Waals surface area contributed by atoms with Gasteiger partial charge < -0.3 is 8.83 Å². The number of aromatic nitrogens is 2. The lowest BCUT2D eigenvalue weighted by atomic mass is 10.0. The summed E-state index contributed by atoms with van der Waals surface area (Å²) >= 11 is 1.68. The van der Waals surface area contributed by atoms with E-state index in [9.17, 15) is 0 Å². The first kappa shape index (κ1) is 23.1. The van der Waals surface area contributed by atoms with Gasteiger partial charge in [0.1, 0.15) is 32.7 Å². The molecular formula is C38H20N2O2S. The maximum absolute atomic E-state index is 6.35. The highest BCUT2D eigenvalue weighted by atomic mass is 32.1. The van der Waals surface area contributed by atoms with E-state index in [4.69, 9.17) is 18.8 Å². The smallest absolute Gasteiger partial charge is 0.143 e. The summed E-state index contributed by atoms with van der Waals surface area (Å²) in [4.78, 5) is 11.2. The molecule has 4 aromatic heterocycles. The second-order valence-electron chi connectivity index (χ2n) is 11.0. The van der Waals surface area contributed by atoms with Crippen molar-refractivity contribution in [3.8, 4) is 22.3 Å². The summed E-state index contributed by atoms with van der Waals surface area (Å²) in [5, 5.41) is 5.60. The molecule has 0 N–H and O–H groups in total. The minimum Gasteiger partial charge on any atom is -0.455 e. The standard InChI is InChI=1S/C38H20N2O2S/c1-3-13-32-25(7-1)27-11-5-9-23(36(27)41-32)21-16-18-34-29(19-21)35-38(43-34)40-30-17-15-22(20-31(30)39-35)24-10-6-12-28-26-8-2-4-14-33(26)42-37(24)28/h1-20H. The van der Waals surface area contributed by atoms with Crippen LogP contribution >= 0.6 is 11.3 Å². The number of benzene rings is 6. The molecule has 4 heterocycles. The zero-order valence-electron chi connectivity index (χ0n) is 22.7. The summed E-state index contributed by atoms with van der Waals surface area (Å²) in [7, 11) is 0. The van der Waals surface area contributed by atoms with Crippen LogP contribution in [0.5, 0.6) is 0 Å². The molecular weight excluding hydrogens is 548 g/mol. The molecule has 0 aliphatic rings. The van der Waals surface area contributed by atoms with Crippen molar-refractivity contribution in [3.63, 3.8) is 0 Å². The molecule has 4 nitrogen and oxygen atoms in total. The van der Waals surface area contributed by atoms with E-state index in [1.165, 1.54) is 0 Å². The number of rotatable bonds is 2. The van der Waals surface area contributed by atoms with Gasteiger partial charge in [0.05, 0.1) is 11.0 Å². The normalized spacial score (nSPS) is 12.2. The van der Waals surface area contributed by atoms with Gasteiger partial charge in [-0.1, -0.05) is 84.9 Å². The zero-order valence-corrected chi connectivity index (χ0v) is 23.5. The van der Waals surface area contributed by atoms with E-state index in [1.807, 2.05) is 24.3 Å². The van der Waals surface area contributed by atoms with Crippen LogP contribution in [0.2, 0.25) is 0 Å². The summed E-state index contributed by atoms with van der Waals surface area (Å²) in [6, 6.07) is 42.0. The highest BCUT2D eigenvalue weighted by Gasteiger charge is 2.16. The summed E-state index contributed by atoms with van der Waals surface area (Å²) < 4.78 is 13.8. The van der Waals surface area contributed by atoms with Crippen molar-refractivity contribution in [2.75, 3.05) is 0 Å². The molecule has 6 aromatic carbocycles. The molecule has 200 valence electrons.